The van der Waals surface area contributed by atoms with Gasteiger partial charge >= 0.3 is 0 Å². The van der Waals surface area contributed by atoms with Crippen LogP contribution in [0.3, 0.4) is 0 Å². The second-order valence-electron chi connectivity index (χ2n) is 4.42. The van der Waals surface area contributed by atoms with Crippen molar-refractivity contribution in [3.8, 4) is 0 Å². The summed E-state index contributed by atoms with van der Waals surface area (Å²) < 4.78 is 12.0. The average molecular weight is 302 g/mol. The van der Waals surface area contributed by atoms with E-state index in [0.29, 0.717) is 15.8 Å². The summed E-state index contributed by atoms with van der Waals surface area (Å²) in [6, 6.07) is 7.55. The molecule has 98 valence electrons. The van der Waals surface area contributed by atoms with E-state index in [1.54, 1.807) is 7.05 Å². The van der Waals surface area contributed by atoms with E-state index in [0.717, 1.165) is 24.8 Å². The molecule has 1 aliphatic heterocycles. The molecule has 0 aromatic heterocycles. The predicted molar refractivity (Wildman–Crippen MR) is 81.6 cm³/mol. The molecular weight excluding hydrogens is 286 g/mol. The van der Waals surface area contributed by atoms with Gasteiger partial charge < -0.3 is 5.32 Å². The summed E-state index contributed by atoms with van der Waals surface area (Å²) in [5, 5.41) is 3.71. The van der Waals surface area contributed by atoms with Gasteiger partial charge in [-0.2, -0.15) is 0 Å². The first-order chi connectivity index (χ1) is 8.61. The normalized spacial score (nSPS) is 27.8. The molecule has 2 rings (SSSR count). The SMILES string of the molecule is CNC(=S)[C@@]1(c2ccc(Cl)cc2)CCCC[S@@]1=O. The Balaban J connectivity index is 2.51. The van der Waals surface area contributed by atoms with Gasteiger partial charge in [-0.25, -0.2) is 0 Å². The third kappa shape index (κ3) is 2.33. The minimum absolute atomic E-state index is 0.535. The Morgan fingerprint density at radius 2 is 2.06 bits per heavy atom. The topological polar surface area (TPSA) is 29.1 Å². The van der Waals surface area contributed by atoms with Crippen molar-refractivity contribution in [3.05, 3.63) is 34.9 Å². The van der Waals surface area contributed by atoms with Crippen molar-refractivity contribution in [2.75, 3.05) is 12.8 Å². The minimum atomic E-state index is -0.971. The third-order valence-corrected chi connectivity index (χ3v) is 6.42. The lowest BCUT2D eigenvalue weighted by molar-refractivity contribution is 0.574. The molecule has 18 heavy (non-hydrogen) atoms. The second-order valence-corrected chi connectivity index (χ2v) is 7.06. The van der Waals surface area contributed by atoms with Gasteiger partial charge in [-0.1, -0.05) is 42.4 Å². The van der Waals surface area contributed by atoms with E-state index in [9.17, 15) is 4.21 Å². The van der Waals surface area contributed by atoms with Gasteiger partial charge in [0.2, 0.25) is 0 Å². The number of thiocarbonyl (C=S) groups is 1. The highest BCUT2D eigenvalue weighted by Crippen LogP contribution is 2.39. The molecule has 1 aromatic rings. The molecule has 0 aliphatic carbocycles. The lowest BCUT2D eigenvalue weighted by Crippen LogP contribution is -2.47. The van der Waals surface area contributed by atoms with Crippen LogP contribution in [0.1, 0.15) is 24.8 Å². The number of likely N-dealkylation sites (N-methyl/N-ethyl adjacent to an activating group) is 1. The van der Waals surface area contributed by atoms with Crippen molar-refractivity contribution in [2.24, 2.45) is 0 Å². The molecule has 0 unspecified atom stereocenters. The Morgan fingerprint density at radius 3 is 2.61 bits per heavy atom. The van der Waals surface area contributed by atoms with Gasteiger partial charge in [0.1, 0.15) is 4.75 Å². The summed E-state index contributed by atoms with van der Waals surface area (Å²) in [6.07, 6.45) is 2.89. The largest absolute Gasteiger partial charge is 0.381 e. The van der Waals surface area contributed by atoms with Crippen LogP contribution < -0.4 is 5.32 Å². The van der Waals surface area contributed by atoms with Crippen LogP contribution in [-0.2, 0) is 15.5 Å². The Morgan fingerprint density at radius 1 is 1.39 bits per heavy atom. The zero-order valence-corrected chi connectivity index (χ0v) is 12.6. The molecule has 1 aliphatic rings. The predicted octanol–water partition coefficient (Wildman–Crippen LogP) is 3.01. The summed E-state index contributed by atoms with van der Waals surface area (Å²) >= 11 is 11.4. The van der Waals surface area contributed by atoms with E-state index in [-0.39, 0.29) is 0 Å². The average Bonchev–Trinajstić information content (AvgIpc) is 2.40. The first kappa shape index (κ1) is 14.0. The Bertz CT molecular complexity index is 464. The maximum absolute atomic E-state index is 12.6. The fourth-order valence-corrected chi connectivity index (χ4v) is 4.96. The van der Waals surface area contributed by atoms with Crippen LogP contribution in [0.25, 0.3) is 0 Å². The van der Waals surface area contributed by atoms with Crippen LogP contribution in [0.15, 0.2) is 24.3 Å². The summed E-state index contributed by atoms with van der Waals surface area (Å²) in [7, 11) is 0.826. The molecule has 1 N–H and O–H groups in total. The zero-order chi connectivity index (χ0) is 13.2. The van der Waals surface area contributed by atoms with E-state index in [1.807, 2.05) is 24.3 Å². The van der Waals surface area contributed by atoms with Crippen LogP contribution in [0.4, 0.5) is 0 Å². The van der Waals surface area contributed by atoms with Crippen molar-refractivity contribution in [1.29, 1.82) is 0 Å². The number of nitrogens with one attached hydrogen (secondary N) is 1. The van der Waals surface area contributed by atoms with Crippen LogP contribution in [0.5, 0.6) is 0 Å². The lowest BCUT2D eigenvalue weighted by Gasteiger charge is -2.37. The van der Waals surface area contributed by atoms with Gasteiger partial charge in [-0.15, -0.1) is 0 Å². The molecule has 1 aromatic carbocycles. The van der Waals surface area contributed by atoms with Gasteiger partial charge in [0.25, 0.3) is 0 Å². The number of hydrogen-bond donors (Lipinski definition) is 1. The van der Waals surface area contributed by atoms with Crippen LogP contribution in [-0.4, -0.2) is 22.0 Å². The fourth-order valence-electron chi connectivity index (χ4n) is 2.44. The molecule has 1 heterocycles. The molecule has 0 saturated carbocycles. The van der Waals surface area contributed by atoms with Gasteiger partial charge in [0.05, 0.1) is 4.99 Å². The fraction of sp³-hybridized carbons (Fsp3) is 0.462. The summed E-state index contributed by atoms with van der Waals surface area (Å²) in [4.78, 5) is 0.669. The van der Waals surface area contributed by atoms with Crippen molar-refractivity contribution < 1.29 is 4.21 Å². The highest BCUT2D eigenvalue weighted by Gasteiger charge is 2.44. The minimum Gasteiger partial charge on any atom is -0.381 e. The quantitative estimate of drug-likeness (QED) is 0.852. The monoisotopic (exact) mass is 301 g/mol. The summed E-state index contributed by atoms with van der Waals surface area (Å²) in [5.41, 5.74) is 1.00. The smallest absolute Gasteiger partial charge is 0.121 e. The van der Waals surface area contributed by atoms with Crippen molar-refractivity contribution in [2.45, 2.75) is 24.0 Å². The van der Waals surface area contributed by atoms with Gasteiger partial charge in [-0.05, 0) is 30.5 Å². The zero-order valence-electron chi connectivity index (χ0n) is 10.2. The molecule has 0 radical (unpaired) electrons. The first-order valence-corrected chi connectivity index (χ1v) is 8.08. The molecule has 0 spiro atoms. The Labute approximate surface area is 121 Å². The van der Waals surface area contributed by atoms with Crippen LogP contribution >= 0.6 is 23.8 Å². The van der Waals surface area contributed by atoms with Crippen molar-refractivity contribution >= 4 is 39.6 Å². The van der Waals surface area contributed by atoms with E-state index >= 15 is 0 Å². The maximum Gasteiger partial charge on any atom is 0.121 e. The maximum atomic E-state index is 12.6. The number of halogens is 1. The highest BCUT2D eigenvalue weighted by atomic mass is 35.5. The van der Waals surface area contributed by atoms with Crippen LogP contribution in [0, 0.1) is 0 Å². The van der Waals surface area contributed by atoms with Crippen LogP contribution in [0.2, 0.25) is 5.02 Å². The summed E-state index contributed by atoms with van der Waals surface area (Å²) in [6.45, 7) is 0. The second kappa shape index (κ2) is 5.68. The Hall–Kier alpha value is -0.450. The summed E-state index contributed by atoms with van der Waals surface area (Å²) in [5.74, 6) is 0.713. The molecular formula is C13H16ClNOS2. The van der Waals surface area contributed by atoms with Crippen molar-refractivity contribution in [3.63, 3.8) is 0 Å². The van der Waals surface area contributed by atoms with E-state index in [1.165, 1.54) is 0 Å². The molecule has 0 bridgehead atoms. The molecule has 5 heteroatoms. The van der Waals surface area contributed by atoms with E-state index < -0.39 is 15.5 Å². The van der Waals surface area contributed by atoms with Gasteiger partial charge in [0, 0.05) is 28.6 Å². The molecule has 0 amide bonds. The number of rotatable bonds is 2. The highest BCUT2D eigenvalue weighted by molar-refractivity contribution is 7.90. The lowest BCUT2D eigenvalue weighted by atomic mass is 9.91. The molecule has 2 nitrogen and oxygen atoms in total. The molecule has 1 fully saturated rings. The third-order valence-electron chi connectivity index (χ3n) is 3.40. The molecule has 1 saturated heterocycles. The van der Waals surface area contributed by atoms with Crippen molar-refractivity contribution in [1.82, 2.24) is 5.32 Å². The van der Waals surface area contributed by atoms with Gasteiger partial charge in [0.15, 0.2) is 0 Å². The standard InChI is InChI=1S/C13H16ClNOS2/c1-15-12(17)13(8-2-3-9-18(13)16)10-4-6-11(14)7-5-10/h4-7H,2-3,8-9H2,1H3,(H,15,17)/t13-,18-/m0/s1. The Kier molecular flexibility index (Phi) is 4.41. The van der Waals surface area contributed by atoms with E-state index in [4.69, 9.17) is 23.8 Å². The van der Waals surface area contributed by atoms with Gasteiger partial charge in [-0.3, -0.25) is 4.21 Å². The van der Waals surface area contributed by atoms with E-state index in [2.05, 4.69) is 5.32 Å². The first-order valence-electron chi connectivity index (χ1n) is 5.98. The molecule has 2 atom stereocenters. The number of benzene rings is 1. The number of hydrogen-bond acceptors (Lipinski definition) is 2.